The Bertz CT molecular complexity index is 2350. The molecule has 2 aliphatic carbocycles. The van der Waals surface area contributed by atoms with Crippen LogP contribution in [0.15, 0.2) is 133 Å². The molecule has 0 N–H and O–H groups in total. The lowest BCUT2D eigenvalue weighted by Gasteiger charge is -2.25. The predicted molar refractivity (Wildman–Crippen MR) is 169 cm³/mol. The summed E-state index contributed by atoms with van der Waals surface area (Å²) in [4.78, 5) is 14.2. The van der Waals surface area contributed by atoms with Crippen molar-refractivity contribution in [2.24, 2.45) is 5.92 Å². The molecule has 0 fully saturated rings. The zero-order valence-corrected chi connectivity index (χ0v) is 22.2. The van der Waals surface area contributed by atoms with Crippen molar-refractivity contribution >= 4 is 60.4 Å². The zero-order chi connectivity index (χ0) is 26.9. The number of benzene rings is 3. The van der Waals surface area contributed by atoms with Crippen LogP contribution in [-0.2, 0) is 0 Å². The van der Waals surface area contributed by atoms with Crippen molar-refractivity contribution in [3.05, 3.63) is 145 Å². The topological polar surface area (TPSA) is 43.1 Å². The van der Waals surface area contributed by atoms with Gasteiger partial charge in [0, 0.05) is 29.1 Å². The van der Waals surface area contributed by atoms with E-state index in [4.69, 9.17) is 4.98 Å². The van der Waals surface area contributed by atoms with Crippen LogP contribution in [0.5, 0.6) is 0 Å². The molecule has 4 aromatic heterocycles. The largest absolute Gasteiger partial charge is 0.290 e. The van der Waals surface area contributed by atoms with Crippen molar-refractivity contribution in [3.63, 3.8) is 0 Å². The Balaban J connectivity index is 1.13. The van der Waals surface area contributed by atoms with Crippen LogP contribution < -0.4 is 0 Å². The number of aromatic nitrogens is 4. The molecule has 1 atom stereocenters. The molecule has 0 aliphatic heterocycles. The van der Waals surface area contributed by atoms with E-state index in [0.29, 0.717) is 5.92 Å². The molecule has 0 bridgehead atoms. The molecule has 0 saturated carbocycles. The number of hydrogen-bond donors (Lipinski definition) is 0. The number of imidazole rings is 1. The minimum absolute atomic E-state index is 0.391. The zero-order valence-electron chi connectivity index (χ0n) is 22.2. The van der Waals surface area contributed by atoms with E-state index in [-0.39, 0.29) is 0 Å². The minimum Gasteiger partial charge on any atom is -0.290 e. The van der Waals surface area contributed by atoms with Gasteiger partial charge in [-0.1, -0.05) is 72.8 Å². The van der Waals surface area contributed by atoms with Gasteiger partial charge < -0.3 is 0 Å². The first-order valence-electron chi connectivity index (χ1n) is 14.0. The molecule has 192 valence electrons. The number of pyridine rings is 3. The summed E-state index contributed by atoms with van der Waals surface area (Å²) in [5.41, 5.74) is 11.4. The molecule has 1 unspecified atom stereocenters. The molecule has 3 aromatic carbocycles. The Hall–Kier alpha value is -5.35. The first-order valence-corrected chi connectivity index (χ1v) is 14.0. The number of nitrogens with zero attached hydrogens (tertiary/aromatic N) is 4. The molecule has 0 amide bonds. The molecule has 4 heterocycles. The van der Waals surface area contributed by atoms with Crippen LogP contribution in [-0.4, -0.2) is 19.4 Å². The summed E-state index contributed by atoms with van der Waals surface area (Å²) in [6.45, 7) is 0. The minimum atomic E-state index is 0.391. The van der Waals surface area contributed by atoms with Gasteiger partial charge in [-0.3, -0.25) is 14.4 Å². The van der Waals surface area contributed by atoms with Crippen LogP contribution in [0.1, 0.15) is 17.5 Å². The highest BCUT2D eigenvalue weighted by molar-refractivity contribution is 6.11. The van der Waals surface area contributed by atoms with Crippen molar-refractivity contribution in [3.8, 4) is 0 Å². The molecule has 9 rings (SSSR count). The molecule has 41 heavy (non-hydrogen) atoms. The van der Waals surface area contributed by atoms with Crippen LogP contribution in [0.4, 0.5) is 0 Å². The summed E-state index contributed by atoms with van der Waals surface area (Å²) < 4.78 is 2.22. The van der Waals surface area contributed by atoms with Gasteiger partial charge in [0.15, 0.2) is 0 Å². The monoisotopic (exact) mass is 524 g/mol. The molecular formula is C37H24N4. The predicted octanol–water partition coefficient (Wildman–Crippen LogP) is 8.72. The maximum absolute atomic E-state index is 5.12. The fraction of sp³-hybridized carbons (Fsp3) is 0.0541. The van der Waals surface area contributed by atoms with E-state index in [1.807, 2.05) is 30.7 Å². The summed E-state index contributed by atoms with van der Waals surface area (Å²) in [7, 11) is 0. The molecular weight excluding hydrogens is 500 g/mol. The van der Waals surface area contributed by atoms with Gasteiger partial charge >= 0.3 is 0 Å². The van der Waals surface area contributed by atoms with E-state index in [2.05, 4.69) is 111 Å². The second kappa shape index (κ2) is 8.57. The average Bonchev–Trinajstić information content (AvgIpc) is 3.43. The third-order valence-corrected chi connectivity index (χ3v) is 8.63. The second-order valence-corrected chi connectivity index (χ2v) is 11.0. The van der Waals surface area contributed by atoms with E-state index in [9.17, 15) is 0 Å². The number of fused-ring (bicyclic) bond motifs is 10. The Labute approximate surface area is 236 Å². The smallest absolute Gasteiger partial charge is 0.148 e. The summed E-state index contributed by atoms with van der Waals surface area (Å²) in [6, 6.07) is 28.1. The average molecular weight is 525 g/mol. The molecule has 2 aliphatic rings. The fourth-order valence-electron chi connectivity index (χ4n) is 6.56. The standard InChI is InChI=1S/C37H24N4/c1-2-5-24-18-25(8-7-23(24)4-1)26-9-10-28-20-29(12-11-27(28)19-26)30-13-14-34-33(21-30)40-37-32-6-3-16-39-36(32)31-15-17-38-22-35(31)41(34)37/h1-18,20-22,27H,19H2. The van der Waals surface area contributed by atoms with Gasteiger partial charge in [0.2, 0.25) is 0 Å². The van der Waals surface area contributed by atoms with Gasteiger partial charge in [0.05, 0.1) is 28.3 Å². The molecule has 0 spiro atoms. The lowest BCUT2D eigenvalue weighted by atomic mass is 9.80. The Morgan fingerprint density at radius 2 is 1.68 bits per heavy atom. The SMILES string of the molecule is C1=CC2CC(c3ccc4ccccc4c3)=CC=C2C=C1c1ccc2c(c1)nc1c3cccnc3c3ccncc3n21. The lowest BCUT2D eigenvalue weighted by molar-refractivity contribution is 0.794. The first kappa shape index (κ1) is 22.5. The van der Waals surface area contributed by atoms with E-state index >= 15 is 0 Å². The maximum Gasteiger partial charge on any atom is 0.148 e. The summed E-state index contributed by atoms with van der Waals surface area (Å²) in [6.07, 6.45) is 18.2. The van der Waals surface area contributed by atoms with Gasteiger partial charge in [-0.2, -0.15) is 0 Å². The van der Waals surface area contributed by atoms with Crippen LogP contribution in [0, 0.1) is 5.92 Å². The molecule has 7 aromatic rings. The van der Waals surface area contributed by atoms with E-state index in [0.717, 1.165) is 44.9 Å². The highest BCUT2D eigenvalue weighted by atomic mass is 15.0. The van der Waals surface area contributed by atoms with Crippen molar-refractivity contribution < 1.29 is 0 Å². The van der Waals surface area contributed by atoms with Crippen LogP contribution in [0.25, 0.3) is 60.4 Å². The molecule has 4 nitrogen and oxygen atoms in total. The highest BCUT2D eigenvalue weighted by Crippen LogP contribution is 2.39. The normalized spacial score (nSPS) is 16.8. The van der Waals surface area contributed by atoms with E-state index < -0.39 is 0 Å². The number of allylic oxidation sites excluding steroid dienone is 8. The van der Waals surface area contributed by atoms with Crippen LogP contribution in [0.3, 0.4) is 0 Å². The Morgan fingerprint density at radius 1 is 0.756 bits per heavy atom. The third-order valence-electron chi connectivity index (χ3n) is 8.63. The van der Waals surface area contributed by atoms with E-state index in [1.165, 1.54) is 38.6 Å². The maximum atomic E-state index is 5.12. The third kappa shape index (κ3) is 3.44. The summed E-state index contributed by atoms with van der Waals surface area (Å²) in [5.74, 6) is 0.391. The molecule has 4 heteroatoms. The van der Waals surface area contributed by atoms with Gasteiger partial charge in [-0.05, 0) is 81.4 Å². The van der Waals surface area contributed by atoms with Gasteiger partial charge in [0.1, 0.15) is 5.65 Å². The second-order valence-electron chi connectivity index (χ2n) is 11.0. The number of rotatable bonds is 2. The van der Waals surface area contributed by atoms with Crippen molar-refractivity contribution in [1.29, 1.82) is 0 Å². The Kier molecular flexibility index (Phi) is 4.70. The quantitative estimate of drug-likeness (QED) is 0.212. The van der Waals surface area contributed by atoms with Crippen molar-refractivity contribution in [2.45, 2.75) is 6.42 Å². The van der Waals surface area contributed by atoms with Crippen molar-refractivity contribution in [2.75, 3.05) is 0 Å². The van der Waals surface area contributed by atoms with Crippen molar-refractivity contribution in [1.82, 2.24) is 19.4 Å². The van der Waals surface area contributed by atoms with Gasteiger partial charge in [-0.15, -0.1) is 0 Å². The lowest BCUT2D eigenvalue weighted by Crippen LogP contribution is -2.08. The van der Waals surface area contributed by atoms with Crippen LogP contribution in [0.2, 0.25) is 0 Å². The molecule has 0 radical (unpaired) electrons. The number of hydrogen-bond acceptors (Lipinski definition) is 3. The summed E-state index contributed by atoms with van der Waals surface area (Å²) in [5, 5.41) is 4.70. The highest BCUT2D eigenvalue weighted by Gasteiger charge is 2.21. The van der Waals surface area contributed by atoms with Crippen LogP contribution >= 0.6 is 0 Å². The Morgan fingerprint density at radius 3 is 2.66 bits per heavy atom. The van der Waals surface area contributed by atoms with Gasteiger partial charge in [-0.25, -0.2) is 4.98 Å². The first-order chi connectivity index (χ1) is 20.3. The van der Waals surface area contributed by atoms with Gasteiger partial charge in [0.25, 0.3) is 0 Å². The van der Waals surface area contributed by atoms with E-state index in [1.54, 1.807) is 0 Å². The fourth-order valence-corrected chi connectivity index (χ4v) is 6.56. The summed E-state index contributed by atoms with van der Waals surface area (Å²) >= 11 is 0. The molecule has 0 saturated heterocycles.